The summed E-state index contributed by atoms with van der Waals surface area (Å²) < 4.78 is 6.36. The van der Waals surface area contributed by atoms with Gasteiger partial charge in [-0.05, 0) is 71.4 Å². The lowest BCUT2D eigenvalue weighted by Crippen LogP contribution is -2.30. The average molecular weight is 474 g/mol. The van der Waals surface area contributed by atoms with Crippen LogP contribution in [0.25, 0.3) is 0 Å². The van der Waals surface area contributed by atoms with Crippen molar-refractivity contribution >= 4 is 50.7 Å². The van der Waals surface area contributed by atoms with Crippen molar-refractivity contribution in [3.63, 3.8) is 0 Å². The fourth-order valence-electron chi connectivity index (χ4n) is 2.53. The molecule has 5 nitrogen and oxygen atoms in total. The van der Waals surface area contributed by atoms with Gasteiger partial charge in [0.2, 0.25) is 0 Å². The normalized spacial score (nSPS) is 11.4. The first kappa shape index (κ1) is 20.9. The van der Waals surface area contributed by atoms with Crippen molar-refractivity contribution in [2.75, 3.05) is 10.6 Å². The summed E-state index contributed by atoms with van der Waals surface area (Å²) in [4.78, 5) is 24.8. The molecule has 2 N–H and O–H groups in total. The summed E-state index contributed by atoms with van der Waals surface area (Å²) in [6, 6.07) is 20.9. The summed E-state index contributed by atoms with van der Waals surface area (Å²) in [7, 11) is 0. The first-order chi connectivity index (χ1) is 13.9. The predicted molar refractivity (Wildman–Crippen MR) is 119 cm³/mol. The molecule has 1 atom stereocenters. The maximum atomic E-state index is 12.5. The minimum absolute atomic E-state index is 0.224. The van der Waals surface area contributed by atoms with Gasteiger partial charge in [0.15, 0.2) is 6.10 Å². The summed E-state index contributed by atoms with van der Waals surface area (Å²) in [5, 5.41) is 6.17. The van der Waals surface area contributed by atoms with E-state index in [9.17, 15) is 9.59 Å². The summed E-state index contributed by atoms with van der Waals surface area (Å²) in [6.45, 7) is 1.65. The van der Waals surface area contributed by atoms with Crippen LogP contribution in [0.3, 0.4) is 0 Å². The van der Waals surface area contributed by atoms with E-state index in [1.807, 2.05) is 6.07 Å². The number of nitrogens with one attached hydrogen (secondary N) is 2. The second-order valence-electron chi connectivity index (χ2n) is 6.23. The molecule has 3 aromatic carbocycles. The Bertz CT molecular complexity index is 1030. The van der Waals surface area contributed by atoms with Crippen molar-refractivity contribution in [3.05, 3.63) is 87.9 Å². The van der Waals surface area contributed by atoms with Gasteiger partial charge in [0.1, 0.15) is 5.75 Å². The maximum Gasteiger partial charge on any atom is 0.265 e. The van der Waals surface area contributed by atoms with E-state index in [-0.39, 0.29) is 11.8 Å². The molecule has 2 amide bonds. The van der Waals surface area contributed by atoms with E-state index in [4.69, 9.17) is 16.3 Å². The largest absolute Gasteiger partial charge is 0.480 e. The molecule has 0 spiro atoms. The van der Waals surface area contributed by atoms with Gasteiger partial charge in [-0.1, -0.05) is 35.9 Å². The Morgan fingerprint density at radius 1 is 0.931 bits per heavy atom. The standard InChI is InChI=1S/C22H18BrClN2O3/c1-14(29-20-11-10-16(24)12-19(20)23)21(27)25-17-8-5-9-18(13-17)26-22(28)15-6-3-2-4-7-15/h2-14H,1H3,(H,25,27)(H,26,28). The van der Waals surface area contributed by atoms with E-state index in [0.717, 1.165) is 0 Å². The van der Waals surface area contributed by atoms with Crippen molar-refractivity contribution in [1.82, 2.24) is 0 Å². The van der Waals surface area contributed by atoms with Crippen LogP contribution < -0.4 is 15.4 Å². The number of benzene rings is 3. The topological polar surface area (TPSA) is 67.4 Å². The number of rotatable bonds is 6. The lowest BCUT2D eigenvalue weighted by molar-refractivity contribution is -0.122. The third-order valence-electron chi connectivity index (χ3n) is 3.99. The fraction of sp³-hybridized carbons (Fsp3) is 0.0909. The van der Waals surface area contributed by atoms with Crippen molar-refractivity contribution in [2.45, 2.75) is 13.0 Å². The Morgan fingerprint density at radius 2 is 1.62 bits per heavy atom. The second kappa shape index (κ2) is 9.58. The molecule has 148 valence electrons. The maximum absolute atomic E-state index is 12.5. The Hall–Kier alpha value is -2.83. The molecule has 0 saturated carbocycles. The van der Waals surface area contributed by atoms with Crippen LogP contribution in [-0.4, -0.2) is 17.9 Å². The van der Waals surface area contributed by atoms with Gasteiger partial charge in [-0.2, -0.15) is 0 Å². The number of amides is 2. The van der Waals surface area contributed by atoms with Crippen LogP contribution in [0.5, 0.6) is 5.75 Å². The lowest BCUT2D eigenvalue weighted by atomic mass is 10.2. The summed E-state index contributed by atoms with van der Waals surface area (Å²) >= 11 is 9.28. The molecule has 7 heteroatoms. The molecular formula is C22H18BrClN2O3. The highest BCUT2D eigenvalue weighted by molar-refractivity contribution is 9.10. The molecule has 0 bridgehead atoms. The van der Waals surface area contributed by atoms with Gasteiger partial charge in [-0.25, -0.2) is 0 Å². The third kappa shape index (κ3) is 5.82. The van der Waals surface area contributed by atoms with Crippen LogP contribution in [0.1, 0.15) is 17.3 Å². The number of carbonyl (C=O) groups excluding carboxylic acids is 2. The van der Waals surface area contributed by atoms with Crippen LogP contribution in [0, 0.1) is 0 Å². The minimum Gasteiger partial charge on any atom is -0.480 e. The van der Waals surface area contributed by atoms with E-state index < -0.39 is 6.10 Å². The molecule has 0 saturated heterocycles. The van der Waals surface area contributed by atoms with E-state index in [2.05, 4.69) is 26.6 Å². The zero-order valence-corrected chi connectivity index (χ0v) is 17.8. The van der Waals surface area contributed by atoms with Gasteiger partial charge in [-0.15, -0.1) is 0 Å². The van der Waals surface area contributed by atoms with Gasteiger partial charge in [-0.3, -0.25) is 9.59 Å². The Morgan fingerprint density at radius 3 is 2.31 bits per heavy atom. The first-order valence-electron chi connectivity index (χ1n) is 8.81. The molecule has 3 aromatic rings. The lowest BCUT2D eigenvalue weighted by Gasteiger charge is -2.16. The average Bonchev–Trinajstić information content (AvgIpc) is 2.71. The molecule has 1 unspecified atom stereocenters. The molecule has 0 fully saturated rings. The first-order valence-corrected chi connectivity index (χ1v) is 9.98. The van der Waals surface area contributed by atoms with Crippen molar-refractivity contribution in [2.24, 2.45) is 0 Å². The van der Waals surface area contributed by atoms with Crippen LogP contribution in [0.2, 0.25) is 5.02 Å². The number of halogens is 2. The zero-order valence-electron chi connectivity index (χ0n) is 15.5. The predicted octanol–water partition coefficient (Wildman–Crippen LogP) is 5.76. The monoisotopic (exact) mass is 472 g/mol. The summed E-state index contributed by atoms with van der Waals surface area (Å²) in [5.41, 5.74) is 1.68. The third-order valence-corrected chi connectivity index (χ3v) is 4.85. The van der Waals surface area contributed by atoms with Crippen molar-refractivity contribution in [1.29, 1.82) is 0 Å². The number of carbonyl (C=O) groups is 2. The molecule has 0 radical (unpaired) electrons. The van der Waals surface area contributed by atoms with Gasteiger partial charge in [0, 0.05) is 22.0 Å². The van der Waals surface area contributed by atoms with Crippen LogP contribution in [-0.2, 0) is 4.79 Å². The smallest absolute Gasteiger partial charge is 0.265 e. The molecule has 29 heavy (non-hydrogen) atoms. The SMILES string of the molecule is CC(Oc1ccc(Cl)cc1Br)C(=O)Nc1cccc(NC(=O)c2ccccc2)c1. The molecule has 0 aliphatic heterocycles. The number of ether oxygens (including phenoxy) is 1. The second-order valence-corrected chi connectivity index (χ2v) is 7.52. The van der Waals surface area contributed by atoms with E-state index in [1.165, 1.54) is 0 Å². The molecule has 3 rings (SSSR count). The van der Waals surface area contributed by atoms with Gasteiger partial charge < -0.3 is 15.4 Å². The van der Waals surface area contributed by atoms with Gasteiger partial charge in [0.05, 0.1) is 4.47 Å². The molecular weight excluding hydrogens is 456 g/mol. The molecule has 0 aliphatic rings. The number of hydrogen-bond acceptors (Lipinski definition) is 3. The highest BCUT2D eigenvalue weighted by Crippen LogP contribution is 2.29. The van der Waals surface area contributed by atoms with Crippen LogP contribution in [0.15, 0.2) is 77.3 Å². The van der Waals surface area contributed by atoms with Gasteiger partial charge in [0.25, 0.3) is 11.8 Å². The van der Waals surface area contributed by atoms with Gasteiger partial charge >= 0.3 is 0 Å². The van der Waals surface area contributed by atoms with Crippen molar-refractivity contribution < 1.29 is 14.3 Å². The van der Waals surface area contributed by atoms with Crippen molar-refractivity contribution in [3.8, 4) is 5.75 Å². The highest BCUT2D eigenvalue weighted by atomic mass is 79.9. The number of hydrogen-bond donors (Lipinski definition) is 2. The summed E-state index contributed by atoms with van der Waals surface area (Å²) in [6.07, 6.45) is -0.741. The Labute approximate surface area is 182 Å². The molecule has 0 aromatic heterocycles. The van der Waals surface area contributed by atoms with E-state index in [1.54, 1.807) is 73.7 Å². The Kier molecular flexibility index (Phi) is 6.90. The molecule has 0 aliphatic carbocycles. The Balaban J connectivity index is 1.63. The minimum atomic E-state index is -0.741. The van der Waals surface area contributed by atoms with Crippen LogP contribution >= 0.6 is 27.5 Å². The van der Waals surface area contributed by atoms with E-state index in [0.29, 0.717) is 32.2 Å². The quantitative estimate of drug-likeness (QED) is 0.478. The summed E-state index contributed by atoms with van der Waals surface area (Å²) in [5.74, 6) is -0.0299. The zero-order chi connectivity index (χ0) is 20.8. The van der Waals surface area contributed by atoms with Crippen LogP contribution in [0.4, 0.5) is 11.4 Å². The van der Waals surface area contributed by atoms with E-state index >= 15 is 0 Å². The molecule has 0 heterocycles. The highest BCUT2D eigenvalue weighted by Gasteiger charge is 2.17. The fourth-order valence-corrected chi connectivity index (χ4v) is 3.30. The number of anilines is 2.